The maximum atomic E-state index is 13.6. The lowest BCUT2D eigenvalue weighted by Crippen LogP contribution is -2.04. The second-order valence-corrected chi connectivity index (χ2v) is 7.91. The second-order valence-electron chi connectivity index (χ2n) is 5.89. The Morgan fingerprint density at radius 1 is 0.792 bits per heavy atom. The van der Waals surface area contributed by atoms with Crippen molar-refractivity contribution in [1.82, 2.24) is 0 Å². The van der Waals surface area contributed by atoms with Crippen LogP contribution in [0, 0.1) is 6.92 Å². The van der Waals surface area contributed by atoms with Gasteiger partial charge < -0.3 is 0 Å². The molecule has 3 aromatic rings. The van der Waals surface area contributed by atoms with Crippen molar-refractivity contribution in [2.45, 2.75) is 11.8 Å². The van der Waals surface area contributed by atoms with Crippen molar-refractivity contribution in [2.75, 3.05) is 0 Å². The number of hydrogen-bond donors (Lipinski definition) is 0. The molecule has 3 heteroatoms. The molecular weight excluding hydrogens is 314 g/mol. The van der Waals surface area contributed by atoms with Crippen LogP contribution in [0.4, 0.5) is 5.69 Å². The zero-order chi connectivity index (χ0) is 16.6. The van der Waals surface area contributed by atoms with Crippen LogP contribution in [0.2, 0.25) is 0 Å². The summed E-state index contributed by atoms with van der Waals surface area (Å²) in [6.45, 7) is 2.02. The van der Waals surface area contributed by atoms with Crippen molar-refractivity contribution >= 4 is 21.0 Å². The Hall–Kier alpha value is -2.65. The molecule has 3 aromatic carbocycles. The van der Waals surface area contributed by atoms with Gasteiger partial charge in [0.1, 0.15) is 9.73 Å². The molecule has 1 unspecified atom stereocenters. The molecule has 0 aromatic heterocycles. The minimum atomic E-state index is -2.63. The fraction of sp³-hybridized carbons (Fsp3) is 0.0476. The van der Waals surface area contributed by atoms with Gasteiger partial charge in [-0.1, -0.05) is 66.2 Å². The predicted octanol–water partition coefficient (Wildman–Crippen LogP) is 5.56. The van der Waals surface area contributed by atoms with E-state index in [-0.39, 0.29) is 0 Å². The number of fused-ring (bicyclic) bond motifs is 1. The van der Waals surface area contributed by atoms with Gasteiger partial charge in [0.2, 0.25) is 0 Å². The van der Waals surface area contributed by atoms with Crippen molar-refractivity contribution in [3.05, 3.63) is 101 Å². The van der Waals surface area contributed by atoms with E-state index in [0.29, 0.717) is 0 Å². The van der Waals surface area contributed by atoms with Crippen LogP contribution in [0.15, 0.2) is 93.5 Å². The Bertz CT molecular complexity index is 1040. The summed E-state index contributed by atoms with van der Waals surface area (Å²) in [5.74, 6) is 0. The van der Waals surface area contributed by atoms with Gasteiger partial charge in [-0.25, -0.2) is 4.21 Å². The standard InChI is InChI=1S/C21H17NOS/c1-16-11-13-18(14-12-16)24(23)15-20(17-7-3-2-4-8-17)19-9-5-6-10-21(19)22-24/h2-15H,1H3. The Morgan fingerprint density at radius 3 is 2.21 bits per heavy atom. The number of benzene rings is 3. The lowest BCUT2D eigenvalue weighted by Gasteiger charge is -2.19. The van der Waals surface area contributed by atoms with Crippen LogP contribution < -0.4 is 0 Å². The summed E-state index contributed by atoms with van der Waals surface area (Å²) < 4.78 is 18.2. The van der Waals surface area contributed by atoms with Crippen molar-refractivity contribution < 1.29 is 4.21 Å². The molecule has 0 spiro atoms. The van der Waals surface area contributed by atoms with Gasteiger partial charge in [-0.05, 0) is 30.7 Å². The SMILES string of the molecule is Cc1ccc(S2(=O)=Nc3ccccc3C(c3ccccc3)=C2)cc1. The maximum absolute atomic E-state index is 13.6. The first-order chi connectivity index (χ1) is 11.7. The highest BCUT2D eigenvalue weighted by Gasteiger charge is 2.21. The van der Waals surface area contributed by atoms with Gasteiger partial charge in [0.25, 0.3) is 0 Å². The quantitative estimate of drug-likeness (QED) is 0.605. The molecule has 118 valence electrons. The highest BCUT2D eigenvalue weighted by molar-refractivity contribution is 7.96. The third-order valence-corrected chi connectivity index (χ3v) is 6.12. The summed E-state index contributed by atoms with van der Waals surface area (Å²) in [6.07, 6.45) is 0. The predicted molar refractivity (Wildman–Crippen MR) is 99.6 cm³/mol. The number of rotatable bonds is 2. The van der Waals surface area contributed by atoms with E-state index in [1.807, 2.05) is 91.2 Å². The molecular formula is C21H17NOS. The fourth-order valence-corrected chi connectivity index (χ4v) is 4.73. The molecule has 1 aliphatic heterocycles. The lowest BCUT2D eigenvalue weighted by atomic mass is 9.98. The normalized spacial score (nSPS) is 19.1. The van der Waals surface area contributed by atoms with Crippen molar-refractivity contribution in [2.24, 2.45) is 4.36 Å². The summed E-state index contributed by atoms with van der Waals surface area (Å²) in [5, 5.41) is 1.83. The monoisotopic (exact) mass is 331 g/mol. The summed E-state index contributed by atoms with van der Waals surface area (Å²) in [4.78, 5) is 0.746. The molecule has 0 aliphatic carbocycles. The van der Waals surface area contributed by atoms with E-state index in [4.69, 9.17) is 0 Å². The zero-order valence-electron chi connectivity index (χ0n) is 13.3. The van der Waals surface area contributed by atoms with E-state index in [1.165, 1.54) is 0 Å². The molecule has 1 heterocycles. The number of nitrogens with zero attached hydrogens (tertiary/aromatic N) is 1. The molecule has 1 aliphatic rings. The van der Waals surface area contributed by atoms with Gasteiger partial charge in [0, 0.05) is 16.5 Å². The van der Waals surface area contributed by atoms with Gasteiger partial charge in [-0.3, -0.25) is 0 Å². The van der Waals surface area contributed by atoms with Crippen molar-refractivity contribution in [1.29, 1.82) is 0 Å². The van der Waals surface area contributed by atoms with E-state index < -0.39 is 9.73 Å². The van der Waals surface area contributed by atoms with Crippen LogP contribution in [0.1, 0.15) is 16.7 Å². The van der Waals surface area contributed by atoms with E-state index >= 15 is 0 Å². The van der Waals surface area contributed by atoms with Gasteiger partial charge in [0.05, 0.1) is 10.6 Å². The molecule has 0 amide bonds. The van der Waals surface area contributed by atoms with Gasteiger partial charge >= 0.3 is 0 Å². The molecule has 0 radical (unpaired) electrons. The van der Waals surface area contributed by atoms with Crippen LogP contribution in [-0.4, -0.2) is 4.21 Å². The van der Waals surface area contributed by atoms with Crippen LogP contribution in [-0.2, 0) is 9.73 Å². The van der Waals surface area contributed by atoms with Crippen LogP contribution in [0.25, 0.3) is 5.57 Å². The molecule has 0 fully saturated rings. The molecule has 24 heavy (non-hydrogen) atoms. The molecule has 0 N–H and O–H groups in total. The molecule has 4 rings (SSSR count). The van der Waals surface area contributed by atoms with Crippen molar-refractivity contribution in [3.8, 4) is 0 Å². The highest BCUT2D eigenvalue weighted by atomic mass is 32.2. The zero-order valence-corrected chi connectivity index (χ0v) is 14.2. The summed E-state index contributed by atoms with van der Waals surface area (Å²) in [6, 6.07) is 25.7. The summed E-state index contributed by atoms with van der Waals surface area (Å²) >= 11 is 0. The van der Waals surface area contributed by atoms with Gasteiger partial charge in [0.15, 0.2) is 0 Å². The summed E-state index contributed by atoms with van der Waals surface area (Å²) in [7, 11) is -2.63. The van der Waals surface area contributed by atoms with E-state index in [9.17, 15) is 4.21 Å². The lowest BCUT2D eigenvalue weighted by molar-refractivity contribution is 0.682. The topological polar surface area (TPSA) is 29.4 Å². The minimum Gasteiger partial charge on any atom is -0.240 e. The number of hydrogen-bond acceptors (Lipinski definition) is 2. The molecule has 0 saturated carbocycles. The second kappa shape index (κ2) is 5.77. The Labute approximate surface area is 142 Å². The van der Waals surface area contributed by atoms with E-state index in [1.54, 1.807) is 0 Å². The highest BCUT2D eigenvalue weighted by Crippen LogP contribution is 2.39. The third-order valence-electron chi connectivity index (χ3n) is 4.15. The van der Waals surface area contributed by atoms with Crippen LogP contribution in [0.5, 0.6) is 0 Å². The van der Waals surface area contributed by atoms with Gasteiger partial charge in [-0.15, -0.1) is 0 Å². The maximum Gasteiger partial charge on any atom is 0.102 e. The first kappa shape index (κ1) is 14.9. The first-order valence-electron chi connectivity index (χ1n) is 7.86. The third kappa shape index (κ3) is 2.57. The Balaban J connectivity index is 2.00. The smallest absolute Gasteiger partial charge is 0.102 e. The minimum absolute atomic E-state index is 0.746. The molecule has 1 atom stereocenters. The first-order valence-corrected chi connectivity index (χ1v) is 9.44. The summed E-state index contributed by atoms with van der Waals surface area (Å²) in [5.41, 5.74) is 4.98. The average Bonchev–Trinajstić information content (AvgIpc) is 2.62. The Morgan fingerprint density at radius 2 is 1.46 bits per heavy atom. The fourth-order valence-electron chi connectivity index (χ4n) is 2.87. The number of aryl methyl sites for hydroxylation is 1. The molecule has 2 nitrogen and oxygen atoms in total. The van der Waals surface area contributed by atoms with E-state index in [2.05, 4.69) is 4.36 Å². The molecule has 0 bridgehead atoms. The van der Waals surface area contributed by atoms with Gasteiger partial charge in [-0.2, -0.15) is 4.36 Å². The molecule has 0 saturated heterocycles. The van der Waals surface area contributed by atoms with Crippen LogP contribution >= 0.6 is 0 Å². The van der Waals surface area contributed by atoms with Crippen molar-refractivity contribution in [3.63, 3.8) is 0 Å². The van der Waals surface area contributed by atoms with Crippen LogP contribution in [0.3, 0.4) is 0 Å². The largest absolute Gasteiger partial charge is 0.240 e. The Kier molecular flexibility index (Phi) is 3.58. The van der Waals surface area contributed by atoms with E-state index in [0.717, 1.165) is 32.8 Å². The average molecular weight is 331 g/mol.